The predicted molar refractivity (Wildman–Crippen MR) is 370 cm³/mol. The Kier molecular flexibility index (Phi) is 11.9. The largest absolute Gasteiger partial charge is 0.292 e. The van der Waals surface area contributed by atoms with Crippen molar-refractivity contribution in [3.63, 3.8) is 0 Å². The molecule has 18 rings (SSSR count). The molecule has 404 valence electrons. The third kappa shape index (κ3) is 8.60. The Morgan fingerprint density at radius 3 is 1.25 bits per heavy atom. The molecule has 0 radical (unpaired) electrons. The first-order valence-electron chi connectivity index (χ1n) is 30.0. The van der Waals surface area contributed by atoms with Crippen LogP contribution in [-0.2, 0) is 0 Å². The Morgan fingerprint density at radius 2 is 0.621 bits per heavy atom. The summed E-state index contributed by atoms with van der Waals surface area (Å²) in [5.41, 5.74) is 22.1. The third-order valence-electron chi connectivity index (χ3n) is 18.0. The molecule has 2 nitrogen and oxygen atoms in total. The van der Waals surface area contributed by atoms with Gasteiger partial charge in [0.1, 0.15) is 5.82 Å². The van der Waals surface area contributed by atoms with Gasteiger partial charge in [-0.25, -0.2) is 4.98 Å². The maximum Gasteiger partial charge on any atom is 0.145 e. The minimum atomic E-state index is 0.945. The summed E-state index contributed by atoms with van der Waals surface area (Å²) in [5.74, 6) is 0.945. The van der Waals surface area contributed by atoms with Gasteiger partial charge in [-0.2, -0.15) is 0 Å². The minimum absolute atomic E-state index is 0.945. The fourth-order valence-electron chi connectivity index (χ4n) is 13.8. The van der Waals surface area contributed by atoms with E-state index in [1.54, 1.807) is 0 Å². The summed E-state index contributed by atoms with van der Waals surface area (Å²) in [6.45, 7) is 0. The smallest absolute Gasteiger partial charge is 0.145 e. The van der Waals surface area contributed by atoms with E-state index < -0.39 is 0 Å². The molecule has 16 aromatic carbocycles. The SMILES string of the molecule is c1cc(-c2ccc3cc(-c4ccc5ccccc5c4)ccc3c2)cc(-c2ccc3c4c(cccc24)-c2ccccc2-3)c1.c1ccc(-c2nc3ccccc3n2-c2ccc(-c3c4ccccc4c(-c4ccc5ccccc5c4)c4ccccc34)cc2)cc1. The van der Waals surface area contributed by atoms with Gasteiger partial charge < -0.3 is 0 Å². The van der Waals surface area contributed by atoms with Gasteiger partial charge in [-0.15, -0.1) is 0 Å². The van der Waals surface area contributed by atoms with E-state index in [-0.39, 0.29) is 0 Å². The molecule has 17 aromatic rings. The van der Waals surface area contributed by atoms with Gasteiger partial charge in [0.05, 0.1) is 11.0 Å². The van der Waals surface area contributed by atoms with Gasteiger partial charge in [0, 0.05) is 11.3 Å². The van der Waals surface area contributed by atoms with Crippen molar-refractivity contribution in [3.8, 4) is 95.0 Å². The molecule has 0 saturated heterocycles. The number of nitrogens with zero attached hydrogens (tertiary/aromatic N) is 2. The van der Waals surface area contributed by atoms with Gasteiger partial charge >= 0.3 is 0 Å². The van der Waals surface area contributed by atoms with Crippen molar-refractivity contribution < 1.29 is 0 Å². The van der Waals surface area contributed by atoms with Crippen LogP contribution in [0.4, 0.5) is 0 Å². The molecular weight excluding hydrogens is 1050 g/mol. The molecule has 0 atom stereocenters. The summed E-state index contributed by atoms with van der Waals surface area (Å²) in [6.07, 6.45) is 0. The molecule has 1 heterocycles. The number of rotatable bonds is 7. The van der Waals surface area contributed by atoms with E-state index in [0.29, 0.717) is 0 Å². The van der Waals surface area contributed by atoms with Crippen molar-refractivity contribution in [1.29, 1.82) is 0 Å². The standard InChI is InChI=1S/C43H28N2.C42H26/c1-2-13-31(14-3-1)43-44-39-20-10-11-21-40(39)45(43)34-26-24-30(25-27-34)41-35-16-6-8-18-37(35)42(38-19-9-7-17-36(38)41)33-23-22-29-12-4-5-15-32(29)28-33;1-2-8-28-23-31(16-15-27(28)7-1)33-20-19-32-24-30(17-18-34(32)25-33)29-9-5-10-35(26-29)36-21-22-41-38-12-4-3-11-37(38)40-14-6-13-39(36)42(40)41/h1-28H;1-26H. The number of hydrogen-bond donors (Lipinski definition) is 0. The quantitative estimate of drug-likeness (QED) is 0.145. The predicted octanol–water partition coefficient (Wildman–Crippen LogP) is 23.3. The highest BCUT2D eigenvalue weighted by atomic mass is 15.1. The topological polar surface area (TPSA) is 17.8 Å². The second-order valence-electron chi connectivity index (χ2n) is 22.9. The third-order valence-corrected chi connectivity index (χ3v) is 18.0. The van der Waals surface area contributed by atoms with Crippen LogP contribution in [0.2, 0.25) is 0 Å². The van der Waals surface area contributed by atoms with Gasteiger partial charge in [0.15, 0.2) is 0 Å². The fourth-order valence-corrected chi connectivity index (χ4v) is 13.8. The number of hydrogen-bond acceptors (Lipinski definition) is 1. The zero-order valence-corrected chi connectivity index (χ0v) is 47.6. The van der Waals surface area contributed by atoms with Gasteiger partial charge in [-0.1, -0.05) is 273 Å². The number of fused-ring (bicyclic) bond motifs is 9. The summed E-state index contributed by atoms with van der Waals surface area (Å²) < 4.78 is 2.27. The van der Waals surface area contributed by atoms with Crippen molar-refractivity contribution in [1.82, 2.24) is 9.55 Å². The Balaban J connectivity index is 0.000000136. The van der Waals surface area contributed by atoms with Crippen LogP contribution in [0.15, 0.2) is 328 Å². The first-order chi connectivity index (χ1) is 43.1. The molecule has 1 aliphatic carbocycles. The van der Waals surface area contributed by atoms with E-state index in [1.165, 1.54) is 143 Å². The summed E-state index contributed by atoms with van der Waals surface area (Å²) in [7, 11) is 0. The van der Waals surface area contributed by atoms with Crippen LogP contribution >= 0.6 is 0 Å². The molecule has 0 unspecified atom stereocenters. The van der Waals surface area contributed by atoms with Crippen molar-refractivity contribution in [2.75, 3.05) is 0 Å². The number of imidazole rings is 1. The van der Waals surface area contributed by atoms with Gasteiger partial charge in [-0.05, 0) is 197 Å². The second kappa shape index (κ2) is 20.7. The molecule has 0 fully saturated rings. The summed E-state index contributed by atoms with van der Waals surface area (Å²) in [6, 6.07) is 119. The molecule has 1 aliphatic rings. The Morgan fingerprint density at radius 1 is 0.218 bits per heavy atom. The summed E-state index contributed by atoms with van der Waals surface area (Å²) in [4.78, 5) is 5.04. The lowest BCUT2D eigenvalue weighted by Gasteiger charge is -2.18. The van der Waals surface area contributed by atoms with E-state index in [2.05, 4.69) is 326 Å². The van der Waals surface area contributed by atoms with Crippen LogP contribution < -0.4 is 0 Å². The number of para-hydroxylation sites is 2. The van der Waals surface area contributed by atoms with Crippen molar-refractivity contribution >= 4 is 75.7 Å². The van der Waals surface area contributed by atoms with E-state index in [0.717, 1.165) is 28.1 Å². The molecule has 0 aliphatic heterocycles. The highest BCUT2D eigenvalue weighted by molar-refractivity contribution is 6.22. The lowest BCUT2D eigenvalue weighted by Crippen LogP contribution is -1.97. The molecule has 0 amide bonds. The van der Waals surface area contributed by atoms with Crippen LogP contribution in [-0.4, -0.2) is 9.55 Å². The monoisotopic (exact) mass is 1100 g/mol. The maximum absolute atomic E-state index is 5.04. The van der Waals surface area contributed by atoms with Crippen LogP contribution in [0.5, 0.6) is 0 Å². The van der Waals surface area contributed by atoms with Crippen LogP contribution in [0.3, 0.4) is 0 Å². The lowest BCUT2D eigenvalue weighted by molar-refractivity contribution is 1.10. The lowest BCUT2D eigenvalue weighted by atomic mass is 9.85. The van der Waals surface area contributed by atoms with Gasteiger partial charge in [0.2, 0.25) is 0 Å². The Bertz CT molecular complexity index is 5490. The summed E-state index contributed by atoms with van der Waals surface area (Å²) in [5, 5.41) is 15.3. The molecule has 2 heteroatoms. The average Bonchev–Trinajstić information content (AvgIpc) is 2.10. The molecule has 1 aromatic heterocycles. The first kappa shape index (κ1) is 50.1. The zero-order valence-electron chi connectivity index (χ0n) is 47.6. The van der Waals surface area contributed by atoms with E-state index in [1.807, 2.05) is 6.07 Å². The normalized spacial score (nSPS) is 11.7. The van der Waals surface area contributed by atoms with Crippen LogP contribution in [0.25, 0.3) is 171 Å². The molecule has 0 saturated carbocycles. The maximum atomic E-state index is 5.04. The van der Waals surface area contributed by atoms with E-state index in [4.69, 9.17) is 4.98 Å². The van der Waals surface area contributed by atoms with Crippen molar-refractivity contribution in [2.45, 2.75) is 0 Å². The summed E-state index contributed by atoms with van der Waals surface area (Å²) >= 11 is 0. The van der Waals surface area contributed by atoms with Crippen LogP contribution in [0, 0.1) is 0 Å². The number of aromatic nitrogens is 2. The van der Waals surface area contributed by atoms with Crippen molar-refractivity contribution in [2.24, 2.45) is 0 Å². The number of benzene rings is 16. The van der Waals surface area contributed by atoms with E-state index in [9.17, 15) is 0 Å². The second-order valence-corrected chi connectivity index (χ2v) is 22.9. The highest BCUT2D eigenvalue weighted by Gasteiger charge is 2.23. The van der Waals surface area contributed by atoms with E-state index >= 15 is 0 Å². The van der Waals surface area contributed by atoms with Crippen molar-refractivity contribution in [3.05, 3.63) is 328 Å². The minimum Gasteiger partial charge on any atom is -0.292 e. The molecule has 0 spiro atoms. The zero-order chi connectivity index (χ0) is 57.4. The van der Waals surface area contributed by atoms with Crippen LogP contribution in [0.1, 0.15) is 0 Å². The van der Waals surface area contributed by atoms with Gasteiger partial charge in [0.25, 0.3) is 0 Å². The fraction of sp³-hybridized carbons (Fsp3) is 0. The Hall–Kier alpha value is -11.5. The first-order valence-corrected chi connectivity index (χ1v) is 30.0. The molecule has 87 heavy (non-hydrogen) atoms. The van der Waals surface area contributed by atoms with Gasteiger partial charge in [-0.3, -0.25) is 4.57 Å². The average molecular weight is 1100 g/mol. The molecule has 0 N–H and O–H groups in total. The molecular formula is C85H54N2. The Labute approximate surface area is 504 Å². The molecule has 0 bridgehead atoms. The highest BCUT2D eigenvalue weighted by Crippen LogP contribution is 2.50.